The lowest BCUT2D eigenvalue weighted by Crippen LogP contribution is -2.10. The Hall–Kier alpha value is -1.78. The van der Waals surface area contributed by atoms with E-state index in [0.717, 1.165) is 12.1 Å². The van der Waals surface area contributed by atoms with E-state index >= 15 is 0 Å². The Kier molecular flexibility index (Phi) is 3.28. The van der Waals surface area contributed by atoms with Gasteiger partial charge in [-0.2, -0.15) is 0 Å². The molecule has 4 nitrogen and oxygen atoms in total. The molecule has 0 atom stereocenters. The molecule has 0 spiro atoms. The zero-order valence-electron chi connectivity index (χ0n) is 7.49. The van der Waals surface area contributed by atoms with Crippen molar-refractivity contribution in [2.24, 2.45) is 0 Å². The minimum Gasteiger partial charge on any atom is -0.469 e. The molecule has 1 rings (SSSR count). The fourth-order valence-electron chi connectivity index (χ4n) is 0.851. The third kappa shape index (κ3) is 2.62. The molecule has 0 unspecified atom stereocenters. The zero-order valence-corrected chi connectivity index (χ0v) is 7.49. The number of ketones is 1. The molecule has 0 fully saturated rings. The minimum atomic E-state index is -0.666. The van der Waals surface area contributed by atoms with Crippen molar-refractivity contribution >= 4 is 11.8 Å². The molecular weight excluding hydrogens is 189 g/mol. The van der Waals surface area contributed by atoms with Gasteiger partial charge in [0.05, 0.1) is 7.11 Å². The summed E-state index contributed by atoms with van der Waals surface area (Å²) in [7, 11) is 1.18. The van der Waals surface area contributed by atoms with Gasteiger partial charge in [0.2, 0.25) is 0 Å². The molecule has 0 N–H and O–H groups in total. The summed E-state index contributed by atoms with van der Waals surface area (Å²) in [5.74, 6) is -1.79. The average molecular weight is 197 g/mol. The Morgan fingerprint density at radius 2 is 2.29 bits per heavy atom. The molecule has 0 saturated carbocycles. The van der Waals surface area contributed by atoms with Gasteiger partial charge in [0.15, 0.2) is 5.78 Å². The maximum Gasteiger partial charge on any atom is 0.313 e. The predicted molar refractivity (Wildman–Crippen MR) is 45.2 cm³/mol. The standard InChI is InChI=1S/C9H8FNO3/c1-14-9(13)5-8(12)7-4-6(10)2-3-11-7/h2-4H,5H2,1H3. The van der Waals surface area contributed by atoms with Gasteiger partial charge in [-0.3, -0.25) is 14.6 Å². The summed E-state index contributed by atoms with van der Waals surface area (Å²) in [5.41, 5.74) is -0.0737. The van der Waals surface area contributed by atoms with Crippen molar-refractivity contribution in [2.45, 2.75) is 6.42 Å². The largest absolute Gasteiger partial charge is 0.469 e. The van der Waals surface area contributed by atoms with Gasteiger partial charge < -0.3 is 4.74 Å². The monoisotopic (exact) mass is 197 g/mol. The Morgan fingerprint density at radius 3 is 2.86 bits per heavy atom. The lowest BCUT2D eigenvalue weighted by molar-refractivity contribution is -0.139. The smallest absolute Gasteiger partial charge is 0.313 e. The third-order valence-corrected chi connectivity index (χ3v) is 1.54. The van der Waals surface area contributed by atoms with E-state index in [0.29, 0.717) is 0 Å². The molecule has 0 radical (unpaired) electrons. The highest BCUT2D eigenvalue weighted by Crippen LogP contribution is 2.03. The van der Waals surface area contributed by atoms with Crippen molar-refractivity contribution in [2.75, 3.05) is 7.11 Å². The van der Waals surface area contributed by atoms with E-state index in [1.165, 1.54) is 13.3 Å². The van der Waals surface area contributed by atoms with Gasteiger partial charge in [0, 0.05) is 12.3 Å². The van der Waals surface area contributed by atoms with Crippen LogP contribution in [0.2, 0.25) is 0 Å². The molecule has 0 aromatic carbocycles. The molecule has 14 heavy (non-hydrogen) atoms. The highest BCUT2D eigenvalue weighted by atomic mass is 19.1. The number of pyridine rings is 1. The zero-order chi connectivity index (χ0) is 10.6. The predicted octanol–water partition coefficient (Wildman–Crippen LogP) is 0.966. The molecule has 1 aromatic rings. The quantitative estimate of drug-likeness (QED) is 0.411. The molecule has 1 aromatic heterocycles. The van der Waals surface area contributed by atoms with Crippen LogP contribution in [0, 0.1) is 5.82 Å². The normalized spacial score (nSPS) is 9.57. The molecule has 0 amide bonds. The van der Waals surface area contributed by atoms with Crippen molar-refractivity contribution in [1.82, 2.24) is 4.98 Å². The van der Waals surface area contributed by atoms with E-state index in [-0.39, 0.29) is 5.69 Å². The van der Waals surface area contributed by atoms with Crippen LogP contribution in [0.3, 0.4) is 0 Å². The number of Topliss-reactive ketones (excluding diaryl/α,β-unsaturated/α-hetero) is 1. The first-order valence-electron chi connectivity index (χ1n) is 3.85. The number of carbonyl (C=O) groups is 2. The molecule has 74 valence electrons. The molecule has 0 aliphatic carbocycles. The number of hydrogen-bond donors (Lipinski definition) is 0. The van der Waals surface area contributed by atoms with E-state index < -0.39 is 24.0 Å². The number of esters is 1. The van der Waals surface area contributed by atoms with Crippen molar-refractivity contribution in [3.8, 4) is 0 Å². The average Bonchev–Trinajstić information content (AvgIpc) is 2.17. The summed E-state index contributed by atoms with van der Waals surface area (Å²) in [4.78, 5) is 25.6. The van der Waals surface area contributed by atoms with E-state index in [1.54, 1.807) is 0 Å². The topological polar surface area (TPSA) is 56.3 Å². The Labute approximate surface area is 79.7 Å². The number of ether oxygens (including phenoxy) is 1. The SMILES string of the molecule is COC(=O)CC(=O)c1cc(F)ccn1. The second-order valence-corrected chi connectivity index (χ2v) is 2.54. The first-order chi connectivity index (χ1) is 6.63. The first kappa shape index (κ1) is 10.3. The maximum atomic E-state index is 12.6. The van der Waals surface area contributed by atoms with Crippen LogP contribution in [-0.4, -0.2) is 23.8 Å². The summed E-state index contributed by atoms with van der Waals surface area (Å²) in [6.45, 7) is 0. The fraction of sp³-hybridized carbons (Fsp3) is 0.222. The number of carbonyl (C=O) groups excluding carboxylic acids is 2. The molecule has 0 saturated heterocycles. The highest BCUT2D eigenvalue weighted by molar-refractivity contribution is 6.04. The van der Waals surface area contributed by atoms with Crippen molar-refractivity contribution in [1.29, 1.82) is 0 Å². The van der Waals surface area contributed by atoms with Gasteiger partial charge in [0.25, 0.3) is 0 Å². The highest BCUT2D eigenvalue weighted by Gasteiger charge is 2.13. The number of halogens is 1. The Bertz CT molecular complexity index is 365. The van der Waals surface area contributed by atoms with E-state index in [1.807, 2.05) is 0 Å². The Balaban J connectivity index is 2.75. The summed E-state index contributed by atoms with van der Waals surface area (Å²) in [6, 6.07) is 2.10. The van der Waals surface area contributed by atoms with Gasteiger partial charge in [-0.25, -0.2) is 4.39 Å². The van der Waals surface area contributed by atoms with E-state index in [4.69, 9.17) is 0 Å². The van der Waals surface area contributed by atoms with Gasteiger partial charge in [0.1, 0.15) is 17.9 Å². The summed E-state index contributed by atoms with van der Waals surface area (Å²) in [5, 5.41) is 0. The number of rotatable bonds is 3. The van der Waals surface area contributed by atoms with E-state index in [9.17, 15) is 14.0 Å². The maximum absolute atomic E-state index is 12.6. The van der Waals surface area contributed by atoms with Crippen LogP contribution in [0.25, 0.3) is 0 Å². The Morgan fingerprint density at radius 1 is 1.57 bits per heavy atom. The number of nitrogens with zero attached hydrogens (tertiary/aromatic N) is 1. The molecule has 0 aliphatic heterocycles. The van der Waals surface area contributed by atoms with Crippen LogP contribution >= 0.6 is 0 Å². The third-order valence-electron chi connectivity index (χ3n) is 1.54. The van der Waals surface area contributed by atoms with Gasteiger partial charge in [-0.1, -0.05) is 0 Å². The minimum absolute atomic E-state index is 0.0737. The fourth-order valence-corrected chi connectivity index (χ4v) is 0.851. The molecule has 0 aliphatic rings. The summed E-state index contributed by atoms with van der Waals surface area (Å²) < 4.78 is 16.9. The second kappa shape index (κ2) is 4.45. The number of hydrogen-bond acceptors (Lipinski definition) is 4. The number of methoxy groups -OCH3 is 1. The van der Waals surface area contributed by atoms with Crippen LogP contribution < -0.4 is 0 Å². The van der Waals surface area contributed by atoms with Gasteiger partial charge in [-0.05, 0) is 6.07 Å². The van der Waals surface area contributed by atoms with Crippen molar-refractivity contribution < 1.29 is 18.7 Å². The lowest BCUT2D eigenvalue weighted by Gasteiger charge is -1.98. The van der Waals surface area contributed by atoms with Crippen LogP contribution in [0.5, 0.6) is 0 Å². The molecule has 1 heterocycles. The summed E-state index contributed by atoms with van der Waals surface area (Å²) >= 11 is 0. The first-order valence-corrected chi connectivity index (χ1v) is 3.85. The molecule has 0 bridgehead atoms. The van der Waals surface area contributed by atoms with Crippen LogP contribution in [-0.2, 0) is 9.53 Å². The van der Waals surface area contributed by atoms with Gasteiger partial charge in [-0.15, -0.1) is 0 Å². The lowest BCUT2D eigenvalue weighted by atomic mass is 10.2. The second-order valence-electron chi connectivity index (χ2n) is 2.54. The summed E-state index contributed by atoms with van der Waals surface area (Å²) in [6.07, 6.45) is 0.743. The van der Waals surface area contributed by atoms with Crippen LogP contribution in [0.4, 0.5) is 4.39 Å². The number of aromatic nitrogens is 1. The van der Waals surface area contributed by atoms with E-state index in [2.05, 4.69) is 9.72 Å². The molecular formula is C9H8FNO3. The van der Waals surface area contributed by atoms with Crippen LogP contribution in [0.1, 0.15) is 16.9 Å². The molecule has 5 heteroatoms. The van der Waals surface area contributed by atoms with Crippen LogP contribution in [0.15, 0.2) is 18.3 Å². The van der Waals surface area contributed by atoms with Crippen molar-refractivity contribution in [3.63, 3.8) is 0 Å². The van der Waals surface area contributed by atoms with Gasteiger partial charge >= 0.3 is 5.97 Å². The van der Waals surface area contributed by atoms with Crippen molar-refractivity contribution in [3.05, 3.63) is 29.8 Å².